The third kappa shape index (κ3) is 0.990. The van der Waals surface area contributed by atoms with Crippen LogP contribution in [0.2, 0.25) is 0 Å². The van der Waals surface area contributed by atoms with Gasteiger partial charge in [-0.25, -0.2) is 0 Å². The van der Waals surface area contributed by atoms with E-state index in [1.165, 1.54) is 0 Å². The van der Waals surface area contributed by atoms with E-state index in [1.807, 2.05) is 43.5 Å². The first-order chi connectivity index (χ1) is 7.76. The zero-order valence-corrected chi connectivity index (χ0v) is 9.18. The molecule has 2 heteroatoms. The number of allylic oxidation sites excluding steroid dienone is 2. The molecule has 0 atom stereocenters. The summed E-state index contributed by atoms with van der Waals surface area (Å²) in [6.07, 6.45) is 9.10. The number of carbonyl (C=O) groups is 1. The van der Waals surface area contributed by atoms with Crippen LogP contribution in [-0.2, 0) is 10.2 Å². The van der Waals surface area contributed by atoms with Crippen LogP contribution in [0.15, 0.2) is 48.6 Å². The molecule has 0 N–H and O–H groups in total. The van der Waals surface area contributed by atoms with Gasteiger partial charge in [-0.05, 0) is 18.1 Å². The van der Waals surface area contributed by atoms with E-state index in [9.17, 15) is 4.79 Å². The van der Waals surface area contributed by atoms with Crippen molar-refractivity contribution >= 4 is 11.6 Å². The molecule has 0 bridgehead atoms. The van der Waals surface area contributed by atoms with Crippen molar-refractivity contribution in [3.05, 3.63) is 54.1 Å². The number of carbonyl (C=O) groups excluding carboxylic acids is 1. The van der Waals surface area contributed by atoms with E-state index in [4.69, 9.17) is 0 Å². The van der Waals surface area contributed by atoms with Crippen LogP contribution in [0.5, 0.6) is 0 Å². The molecule has 1 aliphatic carbocycles. The molecule has 0 unspecified atom stereocenters. The van der Waals surface area contributed by atoms with E-state index < -0.39 is 5.41 Å². The first kappa shape index (κ1) is 9.40. The van der Waals surface area contributed by atoms with Gasteiger partial charge in [0.25, 0.3) is 0 Å². The first-order valence-electron chi connectivity index (χ1n) is 5.49. The second kappa shape index (κ2) is 3.08. The van der Waals surface area contributed by atoms with Crippen LogP contribution in [0.25, 0.3) is 0 Å². The molecular weight excluding hydrogens is 198 g/mol. The maximum Gasteiger partial charge on any atom is 0.245 e. The molecule has 2 aliphatic rings. The van der Waals surface area contributed by atoms with Gasteiger partial charge < -0.3 is 4.90 Å². The molecule has 0 fully saturated rings. The number of hydrogen-bond acceptors (Lipinski definition) is 1. The molecule has 0 radical (unpaired) electrons. The Hall–Kier alpha value is -1.83. The number of para-hydroxylation sites is 1. The fraction of sp³-hybridized carbons (Fsp3) is 0.214. The summed E-state index contributed by atoms with van der Waals surface area (Å²) in [7, 11) is 1.84. The fourth-order valence-corrected chi connectivity index (χ4v) is 2.58. The van der Waals surface area contributed by atoms with E-state index in [0.717, 1.165) is 17.7 Å². The summed E-state index contributed by atoms with van der Waals surface area (Å²) in [5.41, 5.74) is 1.57. The standard InChI is InChI=1S/C14H13NO/c1-15-12-8-4-3-7-11(12)14(13(15)16)9-5-2-6-10-14/h3-10H,2H2,1H3. The molecule has 1 aliphatic heterocycles. The largest absolute Gasteiger partial charge is 0.314 e. The normalized spacial score (nSPS) is 20.6. The summed E-state index contributed by atoms with van der Waals surface area (Å²) in [6.45, 7) is 0. The van der Waals surface area contributed by atoms with Crippen LogP contribution in [0, 0.1) is 0 Å². The monoisotopic (exact) mass is 211 g/mol. The van der Waals surface area contributed by atoms with Gasteiger partial charge >= 0.3 is 0 Å². The quantitative estimate of drug-likeness (QED) is 0.603. The van der Waals surface area contributed by atoms with Crippen LogP contribution in [0.3, 0.4) is 0 Å². The zero-order valence-electron chi connectivity index (χ0n) is 9.18. The van der Waals surface area contributed by atoms with Crippen molar-refractivity contribution in [2.75, 3.05) is 11.9 Å². The highest BCUT2D eigenvalue weighted by molar-refractivity contribution is 6.10. The minimum atomic E-state index is -0.538. The molecule has 1 amide bonds. The lowest BCUT2D eigenvalue weighted by molar-refractivity contribution is -0.120. The zero-order chi connectivity index (χ0) is 11.2. The number of fused-ring (bicyclic) bond motifs is 2. The predicted molar refractivity (Wildman–Crippen MR) is 64.4 cm³/mol. The molecule has 0 saturated heterocycles. The summed E-state index contributed by atoms with van der Waals surface area (Å²) < 4.78 is 0. The van der Waals surface area contributed by atoms with Crippen LogP contribution >= 0.6 is 0 Å². The maximum atomic E-state index is 12.4. The van der Waals surface area contributed by atoms with Crippen molar-refractivity contribution in [1.82, 2.24) is 0 Å². The van der Waals surface area contributed by atoms with Crippen molar-refractivity contribution < 1.29 is 4.79 Å². The third-order valence-electron chi connectivity index (χ3n) is 3.40. The number of nitrogens with zero attached hydrogens (tertiary/aromatic N) is 1. The molecule has 16 heavy (non-hydrogen) atoms. The Bertz CT molecular complexity index is 501. The lowest BCUT2D eigenvalue weighted by Gasteiger charge is -2.22. The third-order valence-corrected chi connectivity index (χ3v) is 3.40. The summed E-state index contributed by atoms with van der Waals surface area (Å²) in [5, 5.41) is 0. The number of benzene rings is 1. The average Bonchev–Trinajstić information content (AvgIpc) is 2.55. The first-order valence-corrected chi connectivity index (χ1v) is 5.49. The van der Waals surface area contributed by atoms with Crippen LogP contribution < -0.4 is 4.90 Å². The van der Waals surface area contributed by atoms with Crippen LogP contribution in [-0.4, -0.2) is 13.0 Å². The Labute approximate surface area is 94.9 Å². The Kier molecular flexibility index (Phi) is 1.81. The summed E-state index contributed by atoms with van der Waals surface area (Å²) in [5.74, 6) is 0.140. The molecule has 1 spiro atoms. The molecule has 0 aromatic heterocycles. The van der Waals surface area contributed by atoms with Gasteiger partial charge in [0, 0.05) is 12.7 Å². The van der Waals surface area contributed by atoms with Gasteiger partial charge in [0.2, 0.25) is 5.91 Å². The minimum Gasteiger partial charge on any atom is -0.314 e. The molecule has 0 saturated carbocycles. The summed E-state index contributed by atoms with van der Waals surface area (Å²) in [6, 6.07) is 8.00. The van der Waals surface area contributed by atoms with Gasteiger partial charge in [0.15, 0.2) is 0 Å². The highest BCUT2D eigenvalue weighted by Gasteiger charge is 2.46. The summed E-state index contributed by atoms with van der Waals surface area (Å²) >= 11 is 0. The molecule has 80 valence electrons. The lowest BCUT2D eigenvalue weighted by atomic mass is 9.79. The molecule has 2 nitrogen and oxygen atoms in total. The van der Waals surface area contributed by atoms with Gasteiger partial charge in [-0.1, -0.05) is 42.5 Å². The van der Waals surface area contributed by atoms with Crippen molar-refractivity contribution in [2.24, 2.45) is 0 Å². The van der Waals surface area contributed by atoms with Crippen molar-refractivity contribution in [1.29, 1.82) is 0 Å². The van der Waals surface area contributed by atoms with Crippen molar-refractivity contribution in [3.63, 3.8) is 0 Å². The molecular formula is C14H13NO. The van der Waals surface area contributed by atoms with Gasteiger partial charge in [0.1, 0.15) is 5.41 Å². The van der Waals surface area contributed by atoms with E-state index in [2.05, 4.69) is 12.2 Å². The summed E-state index contributed by atoms with van der Waals surface area (Å²) in [4.78, 5) is 14.1. The van der Waals surface area contributed by atoms with Gasteiger partial charge in [0.05, 0.1) is 0 Å². The van der Waals surface area contributed by atoms with Crippen molar-refractivity contribution in [2.45, 2.75) is 11.8 Å². The number of likely N-dealkylation sites (N-methyl/N-ethyl adjacent to an activating group) is 1. The molecule has 1 aromatic rings. The Morgan fingerprint density at radius 2 is 1.88 bits per heavy atom. The highest BCUT2D eigenvalue weighted by Crippen LogP contribution is 2.44. The average molecular weight is 211 g/mol. The SMILES string of the molecule is CN1C(=O)C2(C=CCC=C2)c2ccccc21. The minimum absolute atomic E-state index is 0.140. The molecule has 3 rings (SSSR count). The van der Waals surface area contributed by atoms with Gasteiger partial charge in [-0.15, -0.1) is 0 Å². The van der Waals surface area contributed by atoms with E-state index in [0.29, 0.717) is 0 Å². The van der Waals surface area contributed by atoms with E-state index in [-0.39, 0.29) is 5.91 Å². The smallest absolute Gasteiger partial charge is 0.245 e. The van der Waals surface area contributed by atoms with Crippen molar-refractivity contribution in [3.8, 4) is 0 Å². The second-order valence-electron chi connectivity index (χ2n) is 4.29. The Morgan fingerprint density at radius 1 is 1.19 bits per heavy atom. The molecule has 1 aromatic carbocycles. The van der Waals surface area contributed by atoms with E-state index in [1.54, 1.807) is 4.90 Å². The van der Waals surface area contributed by atoms with Gasteiger partial charge in [-0.3, -0.25) is 4.79 Å². The number of amides is 1. The Morgan fingerprint density at radius 3 is 2.62 bits per heavy atom. The fourth-order valence-electron chi connectivity index (χ4n) is 2.58. The lowest BCUT2D eigenvalue weighted by Crippen LogP contribution is -2.36. The topological polar surface area (TPSA) is 20.3 Å². The molecule has 1 heterocycles. The number of hydrogen-bond donors (Lipinski definition) is 0. The number of anilines is 1. The predicted octanol–water partition coefficient (Wildman–Crippen LogP) is 2.42. The van der Waals surface area contributed by atoms with Crippen LogP contribution in [0.4, 0.5) is 5.69 Å². The highest BCUT2D eigenvalue weighted by atomic mass is 16.2. The van der Waals surface area contributed by atoms with E-state index >= 15 is 0 Å². The number of rotatable bonds is 0. The van der Waals surface area contributed by atoms with Gasteiger partial charge in [-0.2, -0.15) is 0 Å². The van der Waals surface area contributed by atoms with Crippen LogP contribution in [0.1, 0.15) is 12.0 Å². The second-order valence-corrected chi connectivity index (χ2v) is 4.29. The Balaban J connectivity index is 2.28. The maximum absolute atomic E-state index is 12.4.